The zero-order valence-electron chi connectivity index (χ0n) is 16.2. The Kier molecular flexibility index (Phi) is 5.48. The standard InChI is InChI=1S/C17H30N3O5P/c1-11(2)17(12(3)4,26(23,24)25)19(6)16(7-8-16)10-20-9-13(5)14(21)18-15(20)22/h9,11-12H,7-8,10H2,1-6H3,(H,18,21,22)(H2,23,24,25)/p-2. The summed E-state index contributed by atoms with van der Waals surface area (Å²) in [6.45, 7) is 8.79. The topological polar surface area (TPSA) is 121 Å². The minimum Gasteiger partial charge on any atom is -0.809 e. The number of hydrogen-bond donors (Lipinski definition) is 1. The van der Waals surface area contributed by atoms with Crippen LogP contribution in [0.25, 0.3) is 0 Å². The molecule has 1 saturated carbocycles. The molecule has 148 valence electrons. The number of nitrogens with zero attached hydrogens (tertiary/aromatic N) is 2. The lowest BCUT2D eigenvalue weighted by Gasteiger charge is -2.61. The zero-order valence-corrected chi connectivity index (χ0v) is 17.1. The van der Waals surface area contributed by atoms with Gasteiger partial charge in [0.25, 0.3) is 5.56 Å². The second-order valence-electron chi connectivity index (χ2n) is 8.07. The van der Waals surface area contributed by atoms with Crippen LogP contribution in [0.1, 0.15) is 46.1 Å². The predicted molar refractivity (Wildman–Crippen MR) is 95.8 cm³/mol. The summed E-state index contributed by atoms with van der Waals surface area (Å²) in [5, 5.41) is -1.55. The molecule has 0 saturated heterocycles. The zero-order chi connectivity index (χ0) is 20.1. The van der Waals surface area contributed by atoms with Gasteiger partial charge in [0.2, 0.25) is 0 Å². The van der Waals surface area contributed by atoms with Gasteiger partial charge in [0.05, 0.1) is 5.28 Å². The monoisotopic (exact) mass is 385 g/mol. The molecule has 0 radical (unpaired) electrons. The molecule has 0 aromatic carbocycles. The largest absolute Gasteiger partial charge is 0.809 e. The summed E-state index contributed by atoms with van der Waals surface area (Å²) in [6.07, 6.45) is 2.83. The maximum atomic E-state index is 12.4. The first-order chi connectivity index (χ1) is 11.8. The Hall–Kier alpha value is -1.21. The number of rotatable bonds is 7. The molecule has 1 fully saturated rings. The highest BCUT2D eigenvalue weighted by atomic mass is 31.2. The average Bonchev–Trinajstić information content (AvgIpc) is 3.23. The van der Waals surface area contributed by atoms with Crippen LogP contribution < -0.4 is 21.0 Å². The third kappa shape index (κ3) is 3.24. The van der Waals surface area contributed by atoms with Crippen LogP contribution >= 0.6 is 7.60 Å². The molecule has 2 rings (SSSR count). The fraction of sp³-hybridized carbons (Fsp3) is 0.765. The third-order valence-electron chi connectivity index (χ3n) is 5.87. The van der Waals surface area contributed by atoms with Crippen LogP contribution in [0.3, 0.4) is 0 Å². The first-order valence-corrected chi connectivity index (χ1v) is 10.4. The van der Waals surface area contributed by atoms with E-state index < -0.39 is 41.5 Å². The van der Waals surface area contributed by atoms with Crippen LogP contribution in [-0.2, 0) is 11.1 Å². The van der Waals surface area contributed by atoms with Crippen molar-refractivity contribution in [1.82, 2.24) is 14.5 Å². The summed E-state index contributed by atoms with van der Waals surface area (Å²) in [5.74, 6) is -0.834. The Labute approximate surface area is 153 Å². The molecular weight excluding hydrogens is 357 g/mol. The van der Waals surface area contributed by atoms with Crippen LogP contribution in [0.5, 0.6) is 0 Å². The van der Waals surface area contributed by atoms with E-state index in [0.29, 0.717) is 18.4 Å². The van der Waals surface area contributed by atoms with Crippen molar-refractivity contribution in [2.45, 2.75) is 64.8 Å². The molecule has 26 heavy (non-hydrogen) atoms. The molecule has 1 aliphatic rings. The van der Waals surface area contributed by atoms with Crippen LogP contribution in [0.2, 0.25) is 0 Å². The van der Waals surface area contributed by atoms with Gasteiger partial charge in [-0.3, -0.25) is 19.2 Å². The predicted octanol–water partition coefficient (Wildman–Crippen LogP) is 0.231. The Balaban J connectivity index is 2.51. The van der Waals surface area contributed by atoms with E-state index in [1.807, 2.05) is 0 Å². The maximum Gasteiger partial charge on any atom is 0.328 e. The maximum absolute atomic E-state index is 12.4. The minimum atomic E-state index is -4.98. The van der Waals surface area contributed by atoms with E-state index in [4.69, 9.17) is 0 Å². The summed E-state index contributed by atoms with van der Waals surface area (Å²) < 4.78 is 13.8. The molecule has 9 heteroatoms. The Morgan fingerprint density at radius 1 is 1.27 bits per heavy atom. The number of aromatic nitrogens is 2. The number of likely N-dealkylation sites (N-methyl/N-ethyl adjacent to an activating group) is 1. The number of hydrogen-bond acceptors (Lipinski definition) is 6. The van der Waals surface area contributed by atoms with Crippen molar-refractivity contribution < 1.29 is 14.4 Å². The second-order valence-corrected chi connectivity index (χ2v) is 9.78. The molecule has 1 heterocycles. The number of aromatic amines is 1. The van der Waals surface area contributed by atoms with E-state index in [1.54, 1.807) is 46.6 Å². The molecule has 1 aliphatic carbocycles. The molecule has 1 aromatic heterocycles. The van der Waals surface area contributed by atoms with Crippen molar-refractivity contribution in [3.05, 3.63) is 32.6 Å². The van der Waals surface area contributed by atoms with Crippen molar-refractivity contribution in [3.8, 4) is 0 Å². The smallest absolute Gasteiger partial charge is 0.328 e. The first-order valence-electron chi connectivity index (χ1n) is 8.86. The van der Waals surface area contributed by atoms with Gasteiger partial charge in [0.1, 0.15) is 0 Å². The van der Waals surface area contributed by atoms with Crippen LogP contribution in [0, 0.1) is 18.8 Å². The molecule has 1 N–H and O–H groups in total. The normalized spacial score (nSPS) is 17.3. The fourth-order valence-corrected chi connectivity index (χ4v) is 6.28. The van der Waals surface area contributed by atoms with Crippen molar-refractivity contribution in [2.75, 3.05) is 7.05 Å². The average molecular weight is 385 g/mol. The molecular formula is C17H28N3O5P-2. The molecule has 0 unspecified atom stereocenters. The highest BCUT2D eigenvalue weighted by molar-refractivity contribution is 7.50. The van der Waals surface area contributed by atoms with E-state index in [0.717, 1.165) is 0 Å². The molecule has 0 aliphatic heterocycles. The Morgan fingerprint density at radius 3 is 2.15 bits per heavy atom. The number of aryl methyl sites for hydroxylation is 1. The molecule has 0 spiro atoms. The van der Waals surface area contributed by atoms with Crippen molar-refractivity contribution in [1.29, 1.82) is 0 Å². The lowest BCUT2D eigenvalue weighted by molar-refractivity contribution is -0.330. The molecule has 8 nitrogen and oxygen atoms in total. The van der Waals surface area contributed by atoms with Gasteiger partial charge >= 0.3 is 5.69 Å². The summed E-state index contributed by atoms with van der Waals surface area (Å²) in [4.78, 5) is 52.4. The van der Waals surface area contributed by atoms with E-state index in [-0.39, 0.29) is 6.54 Å². The first kappa shape index (κ1) is 21.1. The number of nitrogens with one attached hydrogen (secondary N) is 1. The fourth-order valence-electron chi connectivity index (χ4n) is 4.43. The quantitative estimate of drug-likeness (QED) is 0.671. The van der Waals surface area contributed by atoms with Gasteiger partial charge in [-0.05, 0) is 46.2 Å². The highest BCUT2D eigenvalue weighted by Gasteiger charge is 2.57. The van der Waals surface area contributed by atoms with E-state index in [9.17, 15) is 23.9 Å². The summed E-state index contributed by atoms with van der Waals surface area (Å²) in [6, 6.07) is 0. The summed E-state index contributed by atoms with van der Waals surface area (Å²) in [7, 11) is -3.32. The molecule has 1 aromatic rings. The lowest BCUT2D eigenvalue weighted by Crippen LogP contribution is -2.63. The van der Waals surface area contributed by atoms with Gasteiger partial charge in [-0.25, -0.2) is 4.79 Å². The molecule has 0 bridgehead atoms. The molecule has 0 atom stereocenters. The highest BCUT2D eigenvalue weighted by Crippen LogP contribution is 2.60. The number of H-pyrrole nitrogens is 1. The molecule has 0 amide bonds. The van der Waals surface area contributed by atoms with Crippen LogP contribution in [-0.4, -0.2) is 32.3 Å². The minimum absolute atomic E-state index is 0.223. The van der Waals surface area contributed by atoms with Crippen molar-refractivity contribution >= 4 is 7.60 Å². The van der Waals surface area contributed by atoms with Crippen molar-refractivity contribution in [3.63, 3.8) is 0 Å². The Morgan fingerprint density at radius 2 is 1.77 bits per heavy atom. The second kappa shape index (κ2) is 6.75. The van der Waals surface area contributed by atoms with Gasteiger partial charge in [-0.2, -0.15) is 0 Å². The Bertz CT molecular complexity index is 824. The van der Waals surface area contributed by atoms with E-state index >= 15 is 0 Å². The van der Waals surface area contributed by atoms with Gasteiger partial charge in [0, 0.05) is 23.8 Å². The van der Waals surface area contributed by atoms with Crippen molar-refractivity contribution in [2.24, 2.45) is 11.8 Å². The summed E-state index contributed by atoms with van der Waals surface area (Å²) >= 11 is 0. The SMILES string of the molecule is Cc1cn(CC2(N(C)C(C(C)C)(C(C)C)P(=O)([O-])[O-])CC2)c(=O)[nH]c1=O. The lowest BCUT2D eigenvalue weighted by atomic mass is 9.89. The van der Waals surface area contributed by atoms with Crippen LogP contribution in [0.15, 0.2) is 15.8 Å². The van der Waals surface area contributed by atoms with Gasteiger partial charge < -0.3 is 14.4 Å². The van der Waals surface area contributed by atoms with E-state index in [1.165, 1.54) is 10.8 Å². The van der Waals surface area contributed by atoms with Crippen LogP contribution in [0.4, 0.5) is 0 Å². The summed E-state index contributed by atoms with van der Waals surface area (Å²) in [5.41, 5.74) is -1.17. The van der Waals surface area contributed by atoms with E-state index in [2.05, 4.69) is 4.98 Å². The van der Waals surface area contributed by atoms with Gasteiger partial charge in [-0.1, -0.05) is 27.7 Å². The third-order valence-corrected chi connectivity index (χ3v) is 8.08. The van der Waals surface area contributed by atoms with Gasteiger partial charge in [0.15, 0.2) is 0 Å². The van der Waals surface area contributed by atoms with Gasteiger partial charge in [-0.15, -0.1) is 0 Å².